The Morgan fingerprint density at radius 1 is 1.18 bits per heavy atom. The third-order valence-corrected chi connectivity index (χ3v) is 3.06. The van der Waals surface area contributed by atoms with Crippen LogP contribution in [-0.4, -0.2) is 49.9 Å². The van der Waals surface area contributed by atoms with Crippen molar-refractivity contribution in [2.24, 2.45) is 0 Å². The number of benzene rings is 1. The van der Waals surface area contributed by atoms with Gasteiger partial charge in [-0.05, 0) is 18.1 Å². The lowest BCUT2D eigenvalue weighted by Crippen LogP contribution is -2.25. The number of ether oxygens (including phenoxy) is 1. The monoisotopic (exact) mass is 413 g/mol. The zero-order valence-electron chi connectivity index (χ0n) is 17.1. The number of nitrogens with zero attached hydrogens (tertiary/aromatic N) is 1. The van der Waals surface area contributed by atoms with Crippen molar-refractivity contribution in [3.63, 3.8) is 0 Å². The van der Waals surface area contributed by atoms with E-state index in [1.54, 1.807) is 44.5 Å². The molecule has 0 unspecified atom stereocenters. The van der Waals surface area contributed by atoms with Crippen molar-refractivity contribution < 1.29 is 24.3 Å². The molecule has 1 aromatic rings. The van der Waals surface area contributed by atoms with Gasteiger partial charge < -0.3 is 9.84 Å². The lowest BCUT2D eigenvalue weighted by Gasteiger charge is -2.13. The van der Waals surface area contributed by atoms with E-state index < -0.39 is 5.97 Å². The Hall–Kier alpha value is -2.41. The first kappa shape index (κ1) is 30.3. The lowest BCUT2D eigenvalue weighted by atomic mass is 10.1. The minimum Gasteiger partial charge on any atom is -0.481 e. The van der Waals surface area contributed by atoms with Gasteiger partial charge in [0.25, 0.3) is 0 Å². The number of methoxy groups -OCH3 is 1. The number of carbonyl (C=O) groups is 2. The first-order valence-corrected chi connectivity index (χ1v) is 8.35. The Morgan fingerprint density at radius 3 is 2.07 bits per heavy atom. The number of aliphatic carboxylic acids is 1. The van der Waals surface area contributed by atoms with E-state index in [1.807, 2.05) is 25.1 Å². The Kier molecular flexibility index (Phi) is 22.6. The highest BCUT2D eigenvalue weighted by atomic mass is 35.5. The maximum atomic E-state index is 11.3. The van der Waals surface area contributed by atoms with Gasteiger partial charge in [0.15, 0.2) is 0 Å². The van der Waals surface area contributed by atoms with Crippen LogP contribution in [0.15, 0.2) is 67.3 Å². The van der Waals surface area contributed by atoms with E-state index in [0.717, 1.165) is 17.7 Å². The Bertz CT molecular complexity index is 586. The zero-order chi connectivity index (χ0) is 21.1. The zero-order valence-corrected chi connectivity index (χ0v) is 17.9. The molecule has 0 atom stereocenters. The van der Waals surface area contributed by atoms with Crippen LogP contribution in [0.4, 0.5) is 0 Å². The fourth-order valence-electron chi connectivity index (χ4n) is 1.51. The van der Waals surface area contributed by atoms with E-state index in [4.69, 9.17) is 9.94 Å². The Morgan fingerprint density at radius 2 is 1.71 bits per heavy atom. The number of carbonyl (C=O) groups excluding carboxylic acids is 1. The minimum absolute atomic E-state index is 0. The van der Waals surface area contributed by atoms with Gasteiger partial charge in [0.1, 0.15) is 0 Å². The molecule has 28 heavy (non-hydrogen) atoms. The number of hydrogen-bond acceptors (Lipinski definition) is 4. The van der Waals surface area contributed by atoms with Crippen molar-refractivity contribution in [3.05, 3.63) is 72.9 Å². The Balaban J connectivity index is -0.000000370. The molecule has 0 bridgehead atoms. The summed E-state index contributed by atoms with van der Waals surface area (Å²) in [7, 11) is 4.69. The van der Waals surface area contributed by atoms with E-state index in [1.165, 1.54) is 12.2 Å². The Labute approximate surface area is 174 Å². The van der Waals surface area contributed by atoms with Crippen LogP contribution in [0.3, 0.4) is 0 Å². The van der Waals surface area contributed by atoms with E-state index in [-0.39, 0.29) is 31.2 Å². The van der Waals surface area contributed by atoms with Crippen LogP contribution in [0, 0.1) is 0 Å². The number of allylic oxidation sites excluding steroid dienone is 3. The summed E-state index contributed by atoms with van der Waals surface area (Å²) < 4.78 is 4.54. The SMILES string of the molecule is C=C/C=C(\C=C)CC(=O)N(C)OC.CCOC.Cl.O=C(O)Cc1ccccc1. The summed E-state index contributed by atoms with van der Waals surface area (Å²) in [4.78, 5) is 26.2. The first-order chi connectivity index (χ1) is 12.9. The summed E-state index contributed by atoms with van der Waals surface area (Å²) in [6.45, 7) is 9.91. The van der Waals surface area contributed by atoms with E-state index in [2.05, 4.69) is 17.9 Å². The lowest BCUT2D eigenvalue weighted by molar-refractivity contribution is -0.167. The molecule has 0 aliphatic heterocycles. The van der Waals surface area contributed by atoms with E-state index >= 15 is 0 Å². The summed E-state index contributed by atoms with van der Waals surface area (Å²) in [5.74, 6) is -0.901. The maximum absolute atomic E-state index is 11.3. The van der Waals surface area contributed by atoms with Gasteiger partial charge in [-0.15, -0.1) is 12.4 Å². The molecule has 0 saturated heterocycles. The molecule has 0 spiro atoms. The van der Waals surface area contributed by atoms with Crippen molar-refractivity contribution in [2.75, 3.05) is 27.9 Å². The molecule has 0 aliphatic carbocycles. The largest absolute Gasteiger partial charge is 0.481 e. The van der Waals surface area contributed by atoms with Gasteiger partial charge in [-0.3, -0.25) is 14.4 Å². The van der Waals surface area contributed by atoms with E-state index in [0.29, 0.717) is 0 Å². The summed E-state index contributed by atoms with van der Waals surface area (Å²) in [5, 5.41) is 9.55. The van der Waals surface area contributed by atoms with Gasteiger partial charge in [0.2, 0.25) is 5.91 Å². The quantitative estimate of drug-likeness (QED) is 0.513. The molecule has 0 heterocycles. The second-order valence-corrected chi connectivity index (χ2v) is 5.07. The average Bonchev–Trinajstić information content (AvgIpc) is 2.67. The van der Waals surface area contributed by atoms with Crippen molar-refractivity contribution >= 4 is 24.3 Å². The summed E-state index contributed by atoms with van der Waals surface area (Å²) >= 11 is 0. The number of carboxylic acid groups (broad SMARTS) is 1. The topological polar surface area (TPSA) is 76.1 Å². The van der Waals surface area contributed by atoms with Gasteiger partial charge in [-0.1, -0.05) is 61.7 Å². The number of amides is 1. The summed E-state index contributed by atoms with van der Waals surface area (Å²) in [5.41, 5.74) is 1.67. The highest BCUT2D eigenvalue weighted by molar-refractivity contribution is 5.85. The molecule has 0 aliphatic rings. The molecule has 1 rings (SSSR count). The number of hydroxylamine groups is 2. The number of hydrogen-bond donors (Lipinski definition) is 1. The fourth-order valence-corrected chi connectivity index (χ4v) is 1.51. The third-order valence-electron chi connectivity index (χ3n) is 3.06. The molecular formula is C21H32ClNO5. The number of carboxylic acids is 1. The highest BCUT2D eigenvalue weighted by Gasteiger charge is 2.08. The third kappa shape index (κ3) is 18.4. The van der Waals surface area contributed by atoms with Crippen LogP contribution >= 0.6 is 12.4 Å². The van der Waals surface area contributed by atoms with E-state index in [9.17, 15) is 9.59 Å². The van der Waals surface area contributed by atoms with Gasteiger partial charge in [0.05, 0.1) is 20.0 Å². The van der Waals surface area contributed by atoms with Gasteiger partial charge >= 0.3 is 5.97 Å². The van der Waals surface area contributed by atoms with Crippen LogP contribution < -0.4 is 0 Å². The summed E-state index contributed by atoms with van der Waals surface area (Å²) in [6.07, 6.45) is 5.38. The highest BCUT2D eigenvalue weighted by Crippen LogP contribution is 2.05. The van der Waals surface area contributed by atoms with Crippen molar-refractivity contribution in [1.82, 2.24) is 5.06 Å². The van der Waals surface area contributed by atoms with Crippen molar-refractivity contribution in [2.45, 2.75) is 19.8 Å². The smallest absolute Gasteiger partial charge is 0.307 e. The predicted molar refractivity (Wildman–Crippen MR) is 115 cm³/mol. The van der Waals surface area contributed by atoms with Crippen LogP contribution in [0.25, 0.3) is 0 Å². The molecule has 1 amide bonds. The normalized spacial score (nSPS) is 9.36. The van der Waals surface area contributed by atoms with Crippen LogP contribution in [0.5, 0.6) is 0 Å². The molecule has 0 aromatic heterocycles. The average molecular weight is 414 g/mol. The molecule has 7 heteroatoms. The molecule has 0 fully saturated rings. The number of rotatable bonds is 8. The maximum Gasteiger partial charge on any atom is 0.307 e. The summed E-state index contributed by atoms with van der Waals surface area (Å²) in [6, 6.07) is 9.13. The fraction of sp³-hybridized carbons (Fsp3) is 0.333. The van der Waals surface area contributed by atoms with Crippen LogP contribution in [0.1, 0.15) is 18.9 Å². The molecule has 6 nitrogen and oxygen atoms in total. The molecule has 0 saturated carbocycles. The van der Waals surface area contributed by atoms with Crippen LogP contribution in [0.2, 0.25) is 0 Å². The minimum atomic E-state index is -0.786. The molecular weight excluding hydrogens is 382 g/mol. The predicted octanol–water partition coefficient (Wildman–Crippen LogP) is 4.08. The van der Waals surface area contributed by atoms with Crippen molar-refractivity contribution in [3.8, 4) is 0 Å². The van der Waals surface area contributed by atoms with Gasteiger partial charge in [0, 0.05) is 20.8 Å². The molecule has 158 valence electrons. The van der Waals surface area contributed by atoms with Gasteiger partial charge in [-0.2, -0.15) is 0 Å². The van der Waals surface area contributed by atoms with Crippen molar-refractivity contribution in [1.29, 1.82) is 0 Å². The number of halogens is 1. The molecule has 1 aromatic carbocycles. The second kappa shape index (κ2) is 20.9. The van der Waals surface area contributed by atoms with Gasteiger partial charge in [-0.25, -0.2) is 5.06 Å². The first-order valence-electron chi connectivity index (χ1n) is 8.35. The molecule has 1 N–H and O–H groups in total. The standard InChI is InChI=1S/C10H15NO2.C8H8O2.C3H8O.ClH/c1-5-7-9(6-2)8-10(12)11(3)13-4;9-8(10)6-7-4-2-1-3-5-7;1-3-4-2;/h5-7H,1-2,8H2,3-4H3;1-5H,6H2,(H,9,10);3H2,1-2H3;1H/b9-7+;;;. The van der Waals surface area contributed by atoms with Crippen LogP contribution in [-0.2, 0) is 25.6 Å². The second-order valence-electron chi connectivity index (χ2n) is 5.07. The molecule has 0 radical (unpaired) electrons.